The first-order valence-corrected chi connectivity index (χ1v) is 9.98. The van der Waals surface area contributed by atoms with Gasteiger partial charge < -0.3 is 0 Å². The monoisotopic (exact) mass is 444 g/mol. The number of amides is 2. The van der Waals surface area contributed by atoms with E-state index in [9.17, 15) is 27.6 Å². The molecule has 0 aliphatic heterocycles. The highest BCUT2D eigenvalue weighted by atomic mass is 19.4. The van der Waals surface area contributed by atoms with E-state index in [4.69, 9.17) is 0 Å². The van der Waals surface area contributed by atoms with Crippen LogP contribution in [0.1, 0.15) is 40.9 Å². The van der Waals surface area contributed by atoms with Gasteiger partial charge in [0.25, 0.3) is 11.5 Å². The molecule has 4 rings (SSSR count). The Labute approximate surface area is 180 Å². The van der Waals surface area contributed by atoms with Gasteiger partial charge in [0.15, 0.2) is 5.69 Å². The van der Waals surface area contributed by atoms with Crippen LogP contribution < -0.4 is 16.4 Å². The first-order chi connectivity index (χ1) is 15.2. The number of halogens is 3. The van der Waals surface area contributed by atoms with Crippen molar-refractivity contribution in [3.8, 4) is 0 Å². The van der Waals surface area contributed by atoms with Gasteiger partial charge in [-0.05, 0) is 37.0 Å². The van der Waals surface area contributed by atoms with Crippen molar-refractivity contribution in [2.24, 2.45) is 5.92 Å². The molecule has 0 radical (unpaired) electrons. The predicted octanol–water partition coefficient (Wildman–Crippen LogP) is 3.00. The Balaban J connectivity index is 1.48. The van der Waals surface area contributed by atoms with Crippen LogP contribution in [-0.4, -0.2) is 21.6 Å². The maximum atomic E-state index is 13.2. The molecule has 0 saturated heterocycles. The van der Waals surface area contributed by atoms with Gasteiger partial charge in [0, 0.05) is 17.8 Å². The molecule has 2 N–H and O–H groups in total. The molecule has 0 spiro atoms. The van der Waals surface area contributed by atoms with Crippen molar-refractivity contribution in [3.63, 3.8) is 0 Å². The number of aryl methyl sites for hydroxylation is 1. The van der Waals surface area contributed by atoms with Gasteiger partial charge in [0.05, 0.1) is 10.9 Å². The number of carbonyl (C=O) groups excluding carboxylic acids is 2. The maximum Gasteiger partial charge on any atom is 0.416 e. The van der Waals surface area contributed by atoms with Gasteiger partial charge in [0.2, 0.25) is 5.91 Å². The lowest BCUT2D eigenvalue weighted by Gasteiger charge is -2.13. The average molecular weight is 444 g/mol. The van der Waals surface area contributed by atoms with Crippen molar-refractivity contribution in [1.29, 1.82) is 0 Å². The van der Waals surface area contributed by atoms with Gasteiger partial charge >= 0.3 is 6.18 Å². The molecule has 10 heteroatoms. The Morgan fingerprint density at radius 1 is 1.06 bits per heavy atom. The van der Waals surface area contributed by atoms with Crippen molar-refractivity contribution < 1.29 is 22.8 Å². The second-order valence-electron chi connectivity index (χ2n) is 7.49. The van der Waals surface area contributed by atoms with E-state index in [1.807, 2.05) is 0 Å². The van der Waals surface area contributed by atoms with Crippen LogP contribution in [0.2, 0.25) is 0 Å². The minimum atomic E-state index is -4.51. The molecule has 166 valence electrons. The third-order valence-corrected chi connectivity index (χ3v) is 5.47. The highest BCUT2D eigenvalue weighted by Gasteiger charge is 2.48. The first kappa shape index (κ1) is 21.5. The molecule has 7 nitrogen and oxygen atoms in total. The number of alkyl halides is 3. The van der Waals surface area contributed by atoms with Crippen LogP contribution in [0, 0.1) is 5.92 Å². The van der Waals surface area contributed by atoms with E-state index in [2.05, 4.69) is 16.0 Å². The molecule has 2 amide bonds. The minimum absolute atomic E-state index is 0.0443. The molecular weight excluding hydrogens is 425 g/mol. The van der Waals surface area contributed by atoms with Gasteiger partial charge in [-0.25, -0.2) is 4.68 Å². The van der Waals surface area contributed by atoms with Crippen LogP contribution in [0.3, 0.4) is 0 Å². The van der Waals surface area contributed by atoms with Gasteiger partial charge in [0.1, 0.15) is 0 Å². The van der Waals surface area contributed by atoms with Crippen LogP contribution in [0.25, 0.3) is 10.8 Å². The predicted molar refractivity (Wildman–Crippen MR) is 110 cm³/mol. The number of hydrogen-bond acceptors (Lipinski definition) is 4. The van der Waals surface area contributed by atoms with E-state index in [1.54, 1.807) is 31.2 Å². The van der Waals surface area contributed by atoms with E-state index in [0.29, 0.717) is 10.8 Å². The number of hydrazine groups is 1. The molecule has 1 aliphatic rings. The summed E-state index contributed by atoms with van der Waals surface area (Å²) in [7, 11) is 0. The number of benzene rings is 2. The standard InChI is InChI=1S/C22H19F3N4O3/c1-2-29-21(32)14-9-4-3-8-13(14)18(28-29)20(31)27-26-19(30)16-11-15(16)12-7-5-6-10-17(12)22(23,24)25/h3-10,15-16H,2,11H2,1H3,(H,26,30)(H,27,31). The van der Waals surface area contributed by atoms with Crippen LogP contribution in [0.15, 0.2) is 53.3 Å². The summed E-state index contributed by atoms with van der Waals surface area (Å²) in [6.45, 7) is 1.96. The SMILES string of the molecule is CCn1nc(C(=O)NNC(=O)C2CC2c2ccccc2C(F)(F)F)c2ccccc2c1=O. The van der Waals surface area contributed by atoms with Crippen LogP contribution >= 0.6 is 0 Å². The molecule has 1 aliphatic carbocycles. The molecule has 2 unspecified atom stereocenters. The second kappa shape index (κ2) is 8.10. The van der Waals surface area contributed by atoms with Crippen LogP contribution in [0.5, 0.6) is 0 Å². The fourth-order valence-corrected chi connectivity index (χ4v) is 3.79. The third-order valence-electron chi connectivity index (χ3n) is 5.47. The van der Waals surface area contributed by atoms with Crippen molar-refractivity contribution in [3.05, 3.63) is 75.7 Å². The quantitative estimate of drug-likeness (QED) is 0.605. The molecule has 1 aromatic heterocycles. The topological polar surface area (TPSA) is 93.1 Å². The van der Waals surface area contributed by atoms with E-state index >= 15 is 0 Å². The van der Waals surface area contributed by atoms with Crippen LogP contribution in [-0.2, 0) is 17.5 Å². The maximum absolute atomic E-state index is 13.2. The van der Waals surface area contributed by atoms with Gasteiger partial charge in [-0.2, -0.15) is 18.3 Å². The Bertz CT molecular complexity index is 1270. The summed E-state index contributed by atoms with van der Waals surface area (Å²) in [4.78, 5) is 37.5. The first-order valence-electron chi connectivity index (χ1n) is 9.98. The molecule has 1 fully saturated rings. The number of hydrogen-bond donors (Lipinski definition) is 2. The Kier molecular flexibility index (Phi) is 5.45. The van der Waals surface area contributed by atoms with Crippen molar-refractivity contribution in [2.45, 2.75) is 32.0 Å². The van der Waals surface area contributed by atoms with Crippen molar-refractivity contribution in [1.82, 2.24) is 20.6 Å². The summed E-state index contributed by atoms with van der Waals surface area (Å²) in [5.74, 6) is -2.59. The summed E-state index contributed by atoms with van der Waals surface area (Å²) in [5.41, 5.74) is 3.45. The Morgan fingerprint density at radius 3 is 2.41 bits per heavy atom. The number of aromatic nitrogens is 2. The van der Waals surface area contributed by atoms with Gasteiger partial charge in [-0.15, -0.1) is 0 Å². The summed E-state index contributed by atoms with van der Waals surface area (Å²) < 4.78 is 40.8. The normalized spacial score (nSPS) is 17.8. The summed E-state index contributed by atoms with van der Waals surface area (Å²) in [5, 5.41) is 4.72. The van der Waals surface area contributed by atoms with Gasteiger partial charge in [-0.1, -0.05) is 36.4 Å². The zero-order chi connectivity index (χ0) is 23.0. The zero-order valence-corrected chi connectivity index (χ0v) is 16.9. The molecule has 2 atom stereocenters. The van der Waals surface area contributed by atoms with Gasteiger partial charge in [-0.3, -0.25) is 25.2 Å². The molecule has 32 heavy (non-hydrogen) atoms. The largest absolute Gasteiger partial charge is 0.416 e. The zero-order valence-electron chi connectivity index (χ0n) is 16.9. The number of rotatable bonds is 4. The van der Waals surface area contributed by atoms with E-state index in [0.717, 1.165) is 10.7 Å². The lowest BCUT2D eigenvalue weighted by atomic mass is 10.0. The molecule has 3 aromatic rings. The fraction of sp³-hybridized carbons (Fsp3) is 0.273. The molecule has 1 heterocycles. The fourth-order valence-electron chi connectivity index (χ4n) is 3.79. The Hall–Kier alpha value is -3.69. The van der Waals surface area contributed by atoms with Crippen LogP contribution in [0.4, 0.5) is 13.2 Å². The molecule has 0 bridgehead atoms. The summed E-state index contributed by atoms with van der Waals surface area (Å²) in [6.07, 6.45) is -4.26. The second-order valence-corrected chi connectivity index (χ2v) is 7.49. The minimum Gasteiger partial charge on any atom is -0.273 e. The lowest BCUT2D eigenvalue weighted by molar-refractivity contribution is -0.138. The number of nitrogens with one attached hydrogen (secondary N) is 2. The highest BCUT2D eigenvalue weighted by Crippen LogP contribution is 2.50. The summed E-state index contributed by atoms with van der Waals surface area (Å²) >= 11 is 0. The molecule has 1 saturated carbocycles. The van der Waals surface area contributed by atoms with E-state index in [-0.39, 0.29) is 29.8 Å². The van der Waals surface area contributed by atoms with Crippen molar-refractivity contribution >= 4 is 22.6 Å². The highest BCUT2D eigenvalue weighted by molar-refractivity contribution is 6.05. The number of carbonyl (C=O) groups is 2. The molecule has 2 aromatic carbocycles. The third kappa shape index (κ3) is 3.95. The summed E-state index contributed by atoms with van der Waals surface area (Å²) in [6, 6.07) is 11.6. The lowest BCUT2D eigenvalue weighted by Crippen LogP contribution is -2.43. The van der Waals surface area contributed by atoms with E-state index < -0.39 is 35.4 Å². The van der Waals surface area contributed by atoms with E-state index in [1.165, 1.54) is 18.2 Å². The smallest absolute Gasteiger partial charge is 0.273 e. The average Bonchev–Trinajstić information content (AvgIpc) is 3.58. The Morgan fingerprint density at radius 2 is 1.72 bits per heavy atom. The molecular formula is C22H19F3N4O3. The number of fused-ring (bicyclic) bond motifs is 1. The van der Waals surface area contributed by atoms with Crippen molar-refractivity contribution in [2.75, 3.05) is 0 Å². The number of nitrogens with zero attached hydrogens (tertiary/aromatic N) is 2.